The van der Waals surface area contributed by atoms with E-state index in [0.29, 0.717) is 16.7 Å². The number of hydrogen-bond acceptors (Lipinski definition) is 5. The summed E-state index contributed by atoms with van der Waals surface area (Å²) in [4.78, 5) is 19.0. The minimum Gasteiger partial charge on any atom is -0.360 e. The van der Waals surface area contributed by atoms with Gasteiger partial charge in [0, 0.05) is 32.1 Å². The summed E-state index contributed by atoms with van der Waals surface area (Å²) in [6.07, 6.45) is 4.16. The summed E-state index contributed by atoms with van der Waals surface area (Å²) >= 11 is 1.50. The molecule has 2 aliphatic rings. The highest BCUT2D eigenvalue weighted by Crippen LogP contribution is 2.40. The molecule has 1 atom stereocenters. The van der Waals surface area contributed by atoms with Gasteiger partial charge >= 0.3 is 0 Å². The SMILES string of the molecule is CC(C)c1nc(C2CC2)nn1C1NC=C(C(=O)N(C)C)S1. The molecule has 21 heavy (non-hydrogen) atoms. The van der Waals surface area contributed by atoms with E-state index in [1.165, 1.54) is 24.6 Å². The van der Waals surface area contributed by atoms with E-state index >= 15 is 0 Å². The van der Waals surface area contributed by atoms with Gasteiger partial charge in [-0.25, -0.2) is 9.67 Å². The third-order valence-corrected chi connectivity index (χ3v) is 4.67. The number of rotatable bonds is 4. The molecule has 1 aromatic rings. The highest BCUT2D eigenvalue weighted by Gasteiger charge is 2.33. The maximum atomic E-state index is 12.0. The van der Waals surface area contributed by atoms with Crippen LogP contribution in [0.25, 0.3) is 0 Å². The minimum absolute atomic E-state index is 0.0172. The fourth-order valence-corrected chi connectivity index (χ4v) is 3.27. The molecule has 3 rings (SSSR count). The van der Waals surface area contributed by atoms with E-state index in [-0.39, 0.29) is 11.4 Å². The summed E-state index contributed by atoms with van der Waals surface area (Å²) in [6.45, 7) is 4.24. The summed E-state index contributed by atoms with van der Waals surface area (Å²) in [5.74, 6) is 2.79. The smallest absolute Gasteiger partial charge is 0.261 e. The Morgan fingerprint density at radius 3 is 2.76 bits per heavy atom. The van der Waals surface area contributed by atoms with Crippen LogP contribution >= 0.6 is 11.8 Å². The predicted molar refractivity (Wildman–Crippen MR) is 82.6 cm³/mol. The van der Waals surface area contributed by atoms with Gasteiger partial charge in [0.25, 0.3) is 5.91 Å². The number of aromatic nitrogens is 3. The van der Waals surface area contributed by atoms with Crippen LogP contribution in [-0.2, 0) is 4.79 Å². The van der Waals surface area contributed by atoms with Gasteiger partial charge in [-0.3, -0.25) is 4.79 Å². The molecule has 1 fully saturated rings. The third kappa shape index (κ3) is 2.79. The van der Waals surface area contributed by atoms with E-state index in [4.69, 9.17) is 4.98 Å². The molecular formula is C14H21N5OS. The Kier molecular flexibility index (Phi) is 3.69. The molecule has 1 saturated carbocycles. The average Bonchev–Trinajstić information content (AvgIpc) is 3.02. The summed E-state index contributed by atoms with van der Waals surface area (Å²) in [6, 6.07) is 0. The molecule has 0 saturated heterocycles. The van der Waals surface area contributed by atoms with Crippen LogP contribution in [0, 0.1) is 0 Å². The fourth-order valence-electron chi connectivity index (χ4n) is 2.22. The minimum atomic E-state index is -0.0821. The zero-order valence-electron chi connectivity index (χ0n) is 12.8. The van der Waals surface area contributed by atoms with Crippen molar-refractivity contribution in [2.24, 2.45) is 0 Å². The van der Waals surface area contributed by atoms with E-state index in [0.717, 1.165) is 11.6 Å². The molecule has 6 nitrogen and oxygen atoms in total. The largest absolute Gasteiger partial charge is 0.360 e. The summed E-state index contributed by atoms with van der Waals surface area (Å²) in [5.41, 5.74) is -0.0821. The predicted octanol–water partition coefficient (Wildman–Crippen LogP) is 2.00. The molecule has 0 bridgehead atoms. The van der Waals surface area contributed by atoms with E-state index < -0.39 is 0 Å². The molecule has 0 aromatic carbocycles. The first kappa shape index (κ1) is 14.4. The van der Waals surface area contributed by atoms with Crippen LogP contribution in [0.2, 0.25) is 0 Å². The van der Waals surface area contributed by atoms with Gasteiger partial charge in [0.2, 0.25) is 0 Å². The Labute approximate surface area is 129 Å². The quantitative estimate of drug-likeness (QED) is 0.922. The van der Waals surface area contributed by atoms with Gasteiger partial charge in [0.05, 0.1) is 4.91 Å². The van der Waals surface area contributed by atoms with Crippen LogP contribution in [0.3, 0.4) is 0 Å². The lowest BCUT2D eigenvalue weighted by Crippen LogP contribution is -2.22. The monoisotopic (exact) mass is 307 g/mol. The Morgan fingerprint density at radius 2 is 2.19 bits per heavy atom. The molecule has 1 N–H and O–H groups in total. The summed E-state index contributed by atoms with van der Waals surface area (Å²) in [5, 5.41) is 7.92. The van der Waals surface area contributed by atoms with E-state index in [2.05, 4.69) is 24.3 Å². The molecule has 1 aliphatic carbocycles. The molecule has 2 heterocycles. The highest BCUT2D eigenvalue weighted by atomic mass is 32.2. The molecule has 7 heteroatoms. The molecule has 0 spiro atoms. The molecule has 0 radical (unpaired) electrons. The lowest BCUT2D eigenvalue weighted by Gasteiger charge is -2.16. The first-order chi connectivity index (χ1) is 9.97. The van der Waals surface area contributed by atoms with Crippen molar-refractivity contribution in [2.45, 2.75) is 44.0 Å². The number of carbonyl (C=O) groups excluding carboxylic acids is 1. The number of amides is 1. The molecule has 1 aliphatic heterocycles. The number of carbonyl (C=O) groups is 1. The lowest BCUT2D eigenvalue weighted by atomic mass is 10.2. The number of hydrogen-bond donors (Lipinski definition) is 1. The van der Waals surface area contributed by atoms with Gasteiger partial charge < -0.3 is 10.2 Å². The van der Waals surface area contributed by atoms with Crippen molar-refractivity contribution >= 4 is 17.7 Å². The zero-order valence-corrected chi connectivity index (χ0v) is 13.6. The normalized spacial score (nSPS) is 21.4. The number of nitrogens with zero attached hydrogens (tertiary/aromatic N) is 4. The van der Waals surface area contributed by atoms with Gasteiger partial charge in [-0.1, -0.05) is 25.6 Å². The first-order valence-electron chi connectivity index (χ1n) is 7.28. The molecule has 1 unspecified atom stereocenters. The van der Waals surface area contributed by atoms with E-state index in [9.17, 15) is 4.79 Å². The van der Waals surface area contributed by atoms with Crippen molar-refractivity contribution in [1.29, 1.82) is 0 Å². The highest BCUT2D eigenvalue weighted by molar-refractivity contribution is 8.04. The van der Waals surface area contributed by atoms with Crippen molar-refractivity contribution in [2.75, 3.05) is 14.1 Å². The van der Waals surface area contributed by atoms with Gasteiger partial charge in [0.1, 0.15) is 5.82 Å². The standard InChI is InChI=1S/C14H21N5OS/c1-8(2)12-16-11(9-5-6-9)17-19(12)14-15-7-10(21-14)13(20)18(3)4/h7-9,14-15H,5-6H2,1-4H3. The number of thioether (sulfide) groups is 1. The van der Waals surface area contributed by atoms with Crippen molar-refractivity contribution in [3.8, 4) is 0 Å². The molecular weight excluding hydrogens is 286 g/mol. The van der Waals surface area contributed by atoms with E-state index in [1.54, 1.807) is 25.2 Å². The maximum Gasteiger partial charge on any atom is 0.261 e. The Morgan fingerprint density at radius 1 is 1.48 bits per heavy atom. The van der Waals surface area contributed by atoms with Crippen LogP contribution < -0.4 is 5.32 Å². The van der Waals surface area contributed by atoms with Crippen LogP contribution in [0.1, 0.15) is 55.7 Å². The number of likely N-dealkylation sites (N-methyl/N-ethyl adjacent to an activating group) is 1. The molecule has 1 aromatic heterocycles. The zero-order chi connectivity index (χ0) is 15.1. The Bertz CT molecular complexity index is 588. The van der Waals surface area contributed by atoms with Gasteiger partial charge in [-0.2, -0.15) is 5.10 Å². The first-order valence-corrected chi connectivity index (χ1v) is 8.16. The third-order valence-electron chi connectivity index (χ3n) is 3.57. The van der Waals surface area contributed by atoms with Crippen molar-refractivity contribution in [3.63, 3.8) is 0 Å². The van der Waals surface area contributed by atoms with E-state index in [1.807, 2.05) is 4.68 Å². The topological polar surface area (TPSA) is 63.1 Å². The van der Waals surface area contributed by atoms with Crippen LogP contribution in [0.5, 0.6) is 0 Å². The average molecular weight is 307 g/mol. The van der Waals surface area contributed by atoms with Crippen LogP contribution in [-0.4, -0.2) is 39.7 Å². The van der Waals surface area contributed by atoms with Crippen molar-refractivity contribution in [3.05, 3.63) is 22.8 Å². The van der Waals surface area contributed by atoms with Crippen LogP contribution in [0.15, 0.2) is 11.1 Å². The fraction of sp³-hybridized carbons (Fsp3) is 0.643. The Hall–Kier alpha value is -1.50. The second-order valence-electron chi connectivity index (χ2n) is 6.05. The Balaban J connectivity index is 1.80. The lowest BCUT2D eigenvalue weighted by molar-refractivity contribution is -0.123. The summed E-state index contributed by atoms with van der Waals surface area (Å²) in [7, 11) is 3.52. The molecule has 114 valence electrons. The van der Waals surface area contributed by atoms with Gasteiger partial charge in [-0.15, -0.1) is 0 Å². The van der Waals surface area contributed by atoms with Gasteiger partial charge in [-0.05, 0) is 12.8 Å². The second-order valence-corrected chi connectivity index (χ2v) is 7.17. The van der Waals surface area contributed by atoms with Gasteiger partial charge in [0.15, 0.2) is 11.3 Å². The summed E-state index contributed by atoms with van der Waals surface area (Å²) < 4.78 is 1.94. The van der Waals surface area contributed by atoms with Crippen LogP contribution in [0.4, 0.5) is 0 Å². The maximum absolute atomic E-state index is 12.0. The number of nitrogens with one attached hydrogen (secondary N) is 1. The van der Waals surface area contributed by atoms with Crippen molar-refractivity contribution < 1.29 is 4.79 Å². The molecule has 1 amide bonds. The second kappa shape index (κ2) is 5.36. The van der Waals surface area contributed by atoms with Crippen molar-refractivity contribution in [1.82, 2.24) is 25.0 Å².